The Morgan fingerprint density at radius 1 is 1.45 bits per heavy atom. The number of benzene rings is 1. The van der Waals surface area contributed by atoms with Crippen LogP contribution in [0.3, 0.4) is 0 Å². The maximum Gasteiger partial charge on any atom is 0.226 e. The molecule has 1 amide bonds. The maximum absolute atomic E-state index is 13.7. The number of hydrogen-bond acceptors (Lipinski definition) is 2. The number of amides is 1. The van der Waals surface area contributed by atoms with Gasteiger partial charge < -0.3 is 10.0 Å². The molecule has 3 rings (SSSR count). The monoisotopic (exact) mass is 277 g/mol. The van der Waals surface area contributed by atoms with Gasteiger partial charge in [-0.15, -0.1) is 0 Å². The molecule has 2 aliphatic carbocycles. The number of carbonyl (C=O) groups is 1. The summed E-state index contributed by atoms with van der Waals surface area (Å²) in [6.07, 6.45) is 2.42. The molecule has 0 spiro atoms. The van der Waals surface area contributed by atoms with Gasteiger partial charge in [-0.05, 0) is 42.7 Å². The minimum absolute atomic E-state index is 0.00391. The molecule has 3 atom stereocenters. The summed E-state index contributed by atoms with van der Waals surface area (Å²) in [5.74, 6) is 0.0470. The molecule has 0 radical (unpaired) electrons. The zero-order valence-electron chi connectivity index (χ0n) is 11.6. The highest BCUT2D eigenvalue weighted by atomic mass is 19.1. The Morgan fingerprint density at radius 2 is 2.15 bits per heavy atom. The molecule has 1 aromatic carbocycles. The predicted octanol–water partition coefficient (Wildman–Crippen LogP) is 2.16. The average Bonchev–Trinajstić information content (AvgIpc) is 3.29. The lowest BCUT2D eigenvalue weighted by Gasteiger charge is -2.21. The number of aliphatic hydroxyl groups excluding tert-OH is 1. The first-order valence-corrected chi connectivity index (χ1v) is 7.25. The molecule has 0 bridgehead atoms. The fraction of sp³-hybridized carbons (Fsp3) is 0.562. The van der Waals surface area contributed by atoms with Gasteiger partial charge in [-0.3, -0.25) is 4.79 Å². The van der Waals surface area contributed by atoms with Crippen LogP contribution in [0.5, 0.6) is 0 Å². The summed E-state index contributed by atoms with van der Waals surface area (Å²) < 4.78 is 13.7. The summed E-state index contributed by atoms with van der Waals surface area (Å²) >= 11 is 0. The van der Waals surface area contributed by atoms with E-state index >= 15 is 0 Å². The third kappa shape index (κ3) is 2.70. The number of nitrogens with zero attached hydrogens (tertiary/aromatic N) is 1. The SMILES string of the molecule is CN(CC(O)C1CC1)C(=O)C1CC1c1ccccc1F. The van der Waals surface area contributed by atoms with Crippen molar-refractivity contribution in [3.63, 3.8) is 0 Å². The van der Waals surface area contributed by atoms with Crippen molar-refractivity contribution in [2.45, 2.75) is 31.3 Å². The summed E-state index contributed by atoms with van der Waals surface area (Å²) in [4.78, 5) is 13.9. The van der Waals surface area contributed by atoms with Crippen molar-refractivity contribution < 1.29 is 14.3 Å². The van der Waals surface area contributed by atoms with Gasteiger partial charge in [0.05, 0.1) is 6.10 Å². The average molecular weight is 277 g/mol. The fourth-order valence-corrected chi connectivity index (χ4v) is 2.87. The minimum atomic E-state index is -0.408. The Hall–Kier alpha value is -1.42. The third-order valence-electron chi connectivity index (χ3n) is 4.42. The van der Waals surface area contributed by atoms with E-state index in [4.69, 9.17) is 0 Å². The Labute approximate surface area is 118 Å². The lowest BCUT2D eigenvalue weighted by Crippen LogP contribution is -2.36. The van der Waals surface area contributed by atoms with Crippen LogP contribution in [-0.2, 0) is 4.79 Å². The van der Waals surface area contributed by atoms with Crippen LogP contribution in [0, 0.1) is 17.7 Å². The van der Waals surface area contributed by atoms with Crippen molar-refractivity contribution in [1.29, 1.82) is 0 Å². The molecule has 20 heavy (non-hydrogen) atoms. The summed E-state index contributed by atoms with van der Waals surface area (Å²) in [7, 11) is 1.73. The quantitative estimate of drug-likeness (QED) is 0.896. The second-order valence-electron chi connectivity index (χ2n) is 6.09. The molecule has 0 heterocycles. The largest absolute Gasteiger partial charge is 0.391 e. The van der Waals surface area contributed by atoms with Crippen molar-refractivity contribution in [2.24, 2.45) is 11.8 Å². The normalized spacial score (nSPS) is 26.1. The number of rotatable bonds is 5. The summed E-state index contributed by atoms with van der Waals surface area (Å²) in [5.41, 5.74) is 0.641. The first kappa shape index (κ1) is 13.6. The van der Waals surface area contributed by atoms with Crippen molar-refractivity contribution in [3.8, 4) is 0 Å². The molecule has 2 saturated carbocycles. The van der Waals surface area contributed by atoms with E-state index in [1.54, 1.807) is 30.1 Å². The van der Waals surface area contributed by atoms with Crippen molar-refractivity contribution >= 4 is 5.91 Å². The lowest BCUT2D eigenvalue weighted by atomic mass is 10.1. The van der Waals surface area contributed by atoms with Crippen LogP contribution in [0.1, 0.15) is 30.7 Å². The van der Waals surface area contributed by atoms with Gasteiger partial charge in [0.2, 0.25) is 5.91 Å². The molecule has 1 aromatic rings. The Kier molecular flexibility index (Phi) is 3.50. The van der Waals surface area contributed by atoms with Gasteiger partial charge in [0.1, 0.15) is 5.82 Å². The molecule has 0 saturated heterocycles. The molecule has 4 heteroatoms. The first-order valence-electron chi connectivity index (χ1n) is 7.25. The van der Waals surface area contributed by atoms with E-state index < -0.39 is 6.10 Å². The highest BCUT2D eigenvalue weighted by molar-refractivity contribution is 5.82. The van der Waals surface area contributed by atoms with E-state index in [1.165, 1.54) is 6.07 Å². The van der Waals surface area contributed by atoms with Crippen molar-refractivity contribution in [2.75, 3.05) is 13.6 Å². The molecule has 0 aliphatic heterocycles. The highest BCUT2D eigenvalue weighted by Crippen LogP contribution is 2.49. The first-order chi connectivity index (χ1) is 9.58. The minimum Gasteiger partial charge on any atom is -0.391 e. The fourth-order valence-electron chi connectivity index (χ4n) is 2.87. The second kappa shape index (κ2) is 5.17. The van der Waals surface area contributed by atoms with E-state index in [-0.39, 0.29) is 23.6 Å². The van der Waals surface area contributed by atoms with Gasteiger partial charge in [0, 0.05) is 19.5 Å². The summed E-state index contributed by atoms with van der Waals surface area (Å²) in [6, 6.07) is 6.66. The number of aliphatic hydroxyl groups is 1. The zero-order valence-corrected chi connectivity index (χ0v) is 11.6. The summed E-state index contributed by atoms with van der Waals surface area (Å²) in [5, 5.41) is 9.88. The smallest absolute Gasteiger partial charge is 0.226 e. The Balaban J connectivity index is 1.58. The van der Waals surface area contributed by atoms with E-state index in [1.807, 2.05) is 0 Å². The molecule has 3 nitrogen and oxygen atoms in total. The Morgan fingerprint density at radius 3 is 2.80 bits per heavy atom. The predicted molar refractivity (Wildman–Crippen MR) is 73.6 cm³/mol. The lowest BCUT2D eigenvalue weighted by molar-refractivity contribution is -0.132. The van der Waals surface area contributed by atoms with Crippen LogP contribution in [0.25, 0.3) is 0 Å². The van der Waals surface area contributed by atoms with Gasteiger partial charge in [-0.2, -0.15) is 0 Å². The van der Waals surface area contributed by atoms with E-state index in [2.05, 4.69) is 0 Å². The van der Waals surface area contributed by atoms with E-state index in [9.17, 15) is 14.3 Å². The summed E-state index contributed by atoms with van der Waals surface area (Å²) in [6.45, 7) is 0.393. The molecule has 1 N–H and O–H groups in total. The molecular formula is C16H20FNO2. The van der Waals surface area contributed by atoms with E-state index in [0.29, 0.717) is 24.4 Å². The van der Waals surface area contributed by atoms with Gasteiger partial charge >= 0.3 is 0 Å². The van der Waals surface area contributed by atoms with Gasteiger partial charge in [0.15, 0.2) is 0 Å². The molecule has 2 fully saturated rings. The number of likely N-dealkylation sites (N-methyl/N-ethyl adjacent to an activating group) is 1. The molecule has 108 valence electrons. The second-order valence-corrected chi connectivity index (χ2v) is 6.09. The maximum atomic E-state index is 13.7. The van der Waals surface area contributed by atoms with Gasteiger partial charge in [-0.1, -0.05) is 18.2 Å². The van der Waals surface area contributed by atoms with Crippen LogP contribution in [0.2, 0.25) is 0 Å². The van der Waals surface area contributed by atoms with Crippen molar-refractivity contribution in [3.05, 3.63) is 35.6 Å². The van der Waals surface area contributed by atoms with Crippen molar-refractivity contribution in [1.82, 2.24) is 4.90 Å². The van der Waals surface area contributed by atoms with Crippen LogP contribution in [-0.4, -0.2) is 35.6 Å². The third-order valence-corrected chi connectivity index (χ3v) is 4.42. The van der Waals surface area contributed by atoms with Gasteiger partial charge in [0.25, 0.3) is 0 Å². The molecule has 0 aromatic heterocycles. The number of hydrogen-bond donors (Lipinski definition) is 1. The number of carbonyl (C=O) groups excluding carboxylic acids is 1. The van der Waals surface area contributed by atoms with Crippen LogP contribution < -0.4 is 0 Å². The van der Waals surface area contributed by atoms with Crippen LogP contribution in [0.4, 0.5) is 4.39 Å². The topological polar surface area (TPSA) is 40.5 Å². The zero-order chi connectivity index (χ0) is 14.3. The van der Waals surface area contributed by atoms with Crippen LogP contribution >= 0.6 is 0 Å². The van der Waals surface area contributed by atoms with E-state index in [0.717, 1.165) is 12.8 Å². The molecule has 2 aliphatic rings. The number of halogens is 1. The Bertz CT molecular complexity index is 515. The standard InChI is InChI=1S/C16H20FNO2/c1-18(9-15(19)10-6-7-10)16(20)13-8-12(13)11-4-2-3-5-14(11)17/h2-5,10,12-13,15,19H,6-9H2,1H3. The molecular weight excluding hydrogens is 257 g/mol. The highest BCUT2D eigenvalue weighted by Gasteiger charge is 2.46. The van der Waals surface area contributed by atoms with Gasteiger partial charge in [-0.25, -0.2) is 4.39 Å². The molecule has 3 unspecified atom stereocenters. The van der Waals surface area contributed by atoms with Crippen LogP contribution in [0.15, 0.2) is 24.3 Å².